The average molecular weight is 567 g/mol. The minimum Gasteiger partial charge on any atom is -0.457 e. The molecule has 1 saturated carbocycles. The van der Waals surface area contributed by atoms with E-state index < -0.39 is 11.7 Å². The minimum atomic E-state index is -4.40. The van der Waals surface area contributed by atoms with Crippen molar-refractivity contribution in [1.29, 1.82) is 0 Å². The highest BCUT2D eigenvalue weighted by atomic mass is 19.4. The first-order valence-corrected chi connectivity index (χ1v) is 14.6. The monoisotopic (exact) mass is 566 g/mol. The van der Waals surface area contributed by atoms with E-state index in [0.717, 1.165) is 36.9 Å². The summed E-state index contributed by atoms with van der Waals surface area (Å²) in [7, 11) is 2.07. The number of ether oxygens (including phenoxy) is 2. The molecule has 0 atom stereocenters. The van der Waals surface area contributed by atoms with Gasteiger partial charge >= 0.3 is 12.3 Å². The molecule has 8 heteroatoms. The lowest BCUT2D eigenvalue weighted by Crippen LogP contribution is -2.37. The van der Waals surface area contributed by atoms with Crippen LogP contribution in [-0.2, 0) is 12.6 Å². The molecule has 2 aliphatic carbocycles. The summed E-state index contributed by atoms with van der Waals surface area (Å²) < 4.78 is 51.7. The molecule has 218 valence electrons. The van der Waals surface area contributed by atoms with Crippen LogP contribution in [0.4, 0.5) is 18.0 Å². The van der Waals surface area contributed by atoms with Crippen molar-refractivity contribution in [2.24, 2.45) is 0 Å². The van der Waals surface area contributed by atoms with Gasteiger partial charge < -0.3 is 19.7 Å². The van der Waals surface area contributed by atoms with E-state index in [-0.39, 0.29) is 11.7 Å². The first kappa shape index (κ1) is 29.0. The summed E-state index contributed by atoms with van der Waals surface area (Å²) in [6.07, 6.45) is 5.92. The number of nitrogens with zero attached hydrogens (tertiary/aromatic N) is 1. The van der Waals surface area contributed by atoms with Gasteiger partial charge in [-0.25, -0.2) is 4.79 Å². The standard InChI is InChI=1S/C26H22F3NO3.C7H15N/c27-26(28,29)23-6-4-5-17-15-18-16-21(11-12-22(18)24(17)23)32-19-7-9-20(10-8-19)33-25(31)30-13-2-1-3-14-30;1-8-7-5-3-2-4-6-7/h4-12,16H,1-3,13-15H2;7-8H,2-6H2,1H3. The highest BCUT2D eigenvalue weighted by molar-refractivity contribution is 5.80. The third kappa shape index (κ3) is 7.22. The average Bonchev–Trinajstić information content (AvgIpc) is 3.37. The Morgan fingerprint density at radius 1 is 0.829 bits per heavy atom. The van der Waals surface area contributed by atoms with Gasteiger partial charge in [-0.1, -0.05) is 37.5 Å². The van der Waals surface area contributed by atoms with Crippen molar-refractivity contribution in [2.45, 2.75) is 70.0 Å². The van der Waals surface area contributed by atoms with Crippen molar-refractivity contribution in [2.75, 3.05) is 20.1 Å². The number of carbonyl (C=O) groups excluding carboxylic acids is 1. The van der Waals surface area contributed by atoms with Crippen LogP contribution in [0.25, 0.3) is 11.1 Å². The summed E-state index contributed by atoms with van der Waals surface area (Å²) in [4.78, 5) is 13.9. The molecular weight excluding hydrogens is 529 g/mol. The Bertz CT molecular complexity index is 1330. The fourth-order valence-electron chi connectivity index (χ4n) is 5.88. The van der Waals surface area contributed by atoms with Crippen molar-refractivity contribution in [1.82, 2.24) is 10.2 Å². The fraction of sp³-hybridized carbons (Fsp3) is 0.424. The van der Waals surface area contributed by atoms with Crippen molar-refractivity contribution < 1.29 is 27.4 Å². The van der Waals surface area contributed by atoms with Gasteiger partial charge in [0.25, 0.3) is 0 Å². The molecule has 1 aliphatic heterocycles. The Kier molecular flexibility index (Phi) is 9.18. The van der Waals surface area contributed by atoms with Crippen LogP contribution in [0, 0.1) is 0 Å². The first-order valence-electron chi connectivity index (χ1n) is 14.6. The number of hydrogen-bond acceptors (Lipinski definition) is 4. The lowest BCUT2D eigenvalue weighted by molar-refractivity contribution is -0.137. The molecule has 3 aliphatic rings. The second-order valence-electron chi connectivity index (χ2n) is 10.9. The number of likely N-dealkylation sites (tertiary alicyclic amines) is 1. The number of rotatable bonds is 4. The number of piperidine rings is 1. The van der Waals surface area contributed by atoms with E-state index in [0.29, 0.717) is 47.9 Å². The number of carbonyl (C=O) groups is 1. The first-order chi connectivity index (χ1) is 19.8. The van der Waals surface area contributed by atoms with Crippen LogP contribution >= 0.6 is 0 Å². The number of hydrogen-bond donors (Lipinski definition) is 1. The Morgan fingerprint density at radius 3 is 2.15 bits per heavy atom. The van der Waals surface area contributed by atoms with Crippen LogP contribution in [0.3, 0.4) is 0 Å². The molecule has 5 nitrogen and oxygen atoms in total. The van der Waals surface area contributed by atoms with Crippen molar-refractivity contribution in [3.63, 3.8) is 0 Å². The van der Waals surface area contributed by atoms with E-state index >= 15 is 0 Å². The van der Waals surface area contributed by atoms with E-state index in [1.54, 1.807) is 53.4 Å². The molecular formula is C33H37F3N2O3. The Hall–Kier alpha value is -3.52. The molecule has 3 aromatic rings. The van der Waals surface area contributed by atoms with Crippen molar-refractivity contribution in [3.8, 4) is 28.4 Å². The second-order valence-corrected chi connectivity index (χ2v) is 10.9. The largest absolute Gasteiger partial charge is 0.457 e. The van der Waals surface area contributed by atoms with Gasteiger partial charge in [-0.3, -0.25) is 0 Å². The van der Waals surface area contributed by atoms with Crippen molar-refractivity contribution >= 4 is 6.09 Å². The van der Waals surface area contributed by atoms with Crippen LogP contribution in [-0.4, -0.2) is 37.2 Å². The molecule has 0 unspecified atom stereocenters. The van der Waals surface area contributed by atoms with Gasteiger partial charge in [0, 0.05) is 19.1 Å². The number of benzene rings is 3. The van der Waals surface area contributed by atoms with E-state index in [1.165, 1.54) is 38.2 Å². The van der Waals surface area contributed by atoms with Gasteiger partial charge in [-0.05, 0) is 110 Å². The van der Waals surface area contributed by atoms with Gasteiger partial charge in [0.1, 0.15) is 17.2 Å². The van der Waals surface area contributed by atoms with Crippen LogP contribution in [0.2, 0.25) is 0 Å². The molecule has 1 saturated heterocycles. The molecule has 0 bridgehead atoms. The van der Waals surface area contributed by atoms with E-state index in [2.05, 4.69) is 12.4 Å². The maximum absolute atomic E-state index is 13.5. The maximum Gasteiger partial charge on any atom is 0.417 e. The Labute approximate surface area is 239 Å². The molecule has 1 heterocycles. The molecule has 1 amide bonds. The van der Waals surface area contributed by atoms with E-state index in [4.69, 9.17) is 9.47 Å². The summed E-state index contributed by atoms with van der Waals surface area (Å²) in [5, 5.41) is 3.30. The van der Waals surface area contributed by atoms with E-state index in [9.17, 15) is 18.0 Å². The number of amides is 1. The van der Waals surface area contributed by atoms with Crippen LogP contribution < -0.4 is 14.8 Å². The second kappa shape index (κ2) is 13.0. The normalized spacial score (nSPS) is 16.7. The highest BCUT2D eigenvalue weighted by Gasteiger charge is 2.36. The maximum atomic E-state index is 13.5. The summed E-state index contributed by atoms with van der Waals surface area (Å²) >= 11 is 0. The van der Waals surface area contributed by atoms with Gasteiger partial charge in [0.15, 0.2) is 0 Å². The molecule has 0 spiro atoms. The van der Waals surface area contributed by atoms with E-state index in [1.807, 2.05) is 0 Å². The lowest BCUT2D eigenvalue weighted by Gasteiger charge is -2.25. The zero-order valence-electron chi connectivity index (χ0n) is 23.4. The minimum absolute atomic E-state index is 0.256. The summed E-state index contributed by atoms with van der Waals surface area (Å²) in [5.74, 6) is 1.51. The number of alkyl halides is 3. The quantitative estimate of drug-likeness (QED) is 0.269. The smallest absolute Gasteiger partial charge is 0.417 e. The van der Waals surface area contributed by atoms with Crippen LogP contribution in [0.1, 0.15) is 68.1 Å². The third-order valence-electron chi connectivity index (χ3n) is 8.08. The zero-order chi connectivity index (χ0) is 28.8. The Balaban J connectivity index is 0.000000365. The Morgan fingerprint density at radius 2 is 1.49 bits per heavy atom. The van der Waals surface area contributed by atoms with Crippen molar-refractivity contribution in [3.05, 3.63) is 77.4 Å². The van der Waals surface area contributed by atoms with Crippen LogP contribution in [0.5, 0.6) is 17.2 Å². The predicted molar refractivity (Wildman–Crippen MR) is 154 cm³/mol. The van der Waals surface area contributed by atoms with Gasteiger partial charge in [-0.2, -0.15) is 13.2 Å². The molecule has 0 radical (unpaired) electrons. The zero-order valence-corrected chi connectivity index (χ0v) is 23.4. The molecule has 0 aromatic heterocycles. The number of halogens is 3. The van der Waals surface area contributed by atoms with Crippen LogP contribution in [0.15, 0.2) is 60.7 Å². The molecule has 1 N–H and O–H groups in total. The van der Waals surface area contributed by atoms with Gasteiger partial charge in [0.05, 0.1) is 5.56 Å². The van der Waals surface area contributed by atoms with Gasteiger partial charge in [-0.15, -0.1) is 0 Å². The SMILES string of the molecule is CNC1CCCCC1.O=C(Oc1ccc(Oc2ccc3c(c2)Cc2cccc(C(F)(F)F)c2-3)cc1)N1CCCCC1. The molecule has 3 aromatic carbocycles. The third-order valence-corrected chi connectivity index (χ3v) is 8.08. The summed E-state index contributed by atoms with van der Waals surface area (Å²) in [6.45, 7) is 1.43. The van der Waals surface area contributed by atoms with Gasteiger partial charge in [0.2, 0.25) is 0 Å². The summed E-state index contributed by atoms with van der Waals surface area (Å²) in [5.41, 5.74) is 1.70. The topological polar surface area (TPSA) is 50.8 Å². The summed E-state index contributed by atoms with van der Waals surface area (Å²) in [6, 6.07) is 17.0. The number of nitrogens with one attached hydrogen (secondary N) is 1. The number of fused-ring (bicyclic) bond motifs is 3. The lowest BCUT2D eigenvalue weighted by atomic mass is 9.96. The fourth-order valence-corrected chi connectivity index (χ4v) is 5.88. The predicted octanol–water partition coefficient (Wildman–Crippen LogP) is 8.59. The molecule has 2 fully saturated rings. The highest BCUT2D eigenvalue weighted by Crippen LogP contribution is 2.46. The molecule has 6 rings (SSSR count). The molecule has 41 heavy (non-hydrogen) atoms.